The fourth-order valence-electron chi connectivity index (χ4n) is 2.61. The molecule has 8 heteroatoms. The number of methoxy groups -OCH3 is 2. The van der Waals surface area contributed by atoms with Crippen molar-refractivity contribution in [3.05, 3.63) is 52.5 Å². The summed E-state index contributed by atoms with van der Waals surface area (Å²) in [6.45, 7) is 0. The Morgan fingerprint density at radius 3 is 2.46 bits per heavy atom. The number of aromatic nitrogens is 2. The van der Waals surface area contributed by atoms with Crippen LogP contribution in [0.5, 0.6) is 11.5 Å². The molecule has 0 saturated heterocycles. The molecule has 3 rings (SSSR count). The third kappa shape index (κ3) is 4.06. The zero-order valence-corrected chi connectivity index (χ0v) is 17.9. The van der Waals surface area contributed by atoms with Crippen molar-refractivity contribution >= 4 is 39.2 Å². The summed E-state index contributed by atoms with van der Waals surface area (Å²) in [5.41, 5.74) is 2.42. The van der Waals surface area contributed by atoms with E-state index in [-0.39, 0.29) is 0 Å². The van der Waals surface area contributed by atoms with Gasteiger partial charge >= 0.3 is 0 Å². The van der Waals surface area contributed by atoms with E-state index in [0.29, 0.717) is 33.7 Å². The van der Waals surface area contributed by atoms with E-state index < -0.39 is 0 Å². The molecule has 1 heterocycles. The van der Waals surface area contributed by atoms with Crippen molar-refractivity contribution in [1.29, 1.82) is 5.26 Å². The van der Waals surface area contributed by atoms with Gasteiger partial charge in [0.1, 0.15) is 11.6 Å². The number of thioether (sulfide) groups is 1. The number of halogens is 1. The van der Waals surface area contributed by atoms with Crippen molar-refractivity contribution in [2.45, 2.75) is 5.16 Å². The van der Waals surface area contributed by atoms with Gasteiger partial charge in [0.25, 0.3) is 0 Å². The molecule has 0 amide bonds. The summed E-state index contributed by atoms with van der Waals surface area (Å²) in [5.74, 6) is 1.61. The topological polar surface area (TPSA) is 80.1 Å². The van der Waals surface area contributed by atoms with Gasteiger partial charge in [0.15, 0.2) is 22.5 Å². The maximum absolute atomic E-state index is 9.85. The minimum atomic E-state index is 0.348. The van der Waals surface area contributed by atoms with Gasteiger partial charge in [0.05, 0.1) is 25.6 Å². The molecule has 0 bridgehead atoms. The minimum Gasteiger partial charge on any atom is -0.493 e. The van der Waals surface area contributed by atoms with Crippen molar-refractivity contribution in [1.82, 2.24) is 9.97 Å². The van der Waals surface area contributed by atoms with Crippen molar-refractivity contribution in [3.8, 4) is 28.8 Å². The van der Waals surface area contributed by atoms with Crippen molar-refractivity contribution in [2.24, 2.45) is 0 Å². The second-order valence-electron chi connectivity index (χ2n) is 5.57. The number of hydrogen-bond acceptors (Lipinski definition) is 7. The lowest BCUT2D eigenvalue weighted by Gasteiger charge is -2.14. The Morgan fingerprint density at radius 2 is 1.82 bits per heavy atom. The van der Waals surface area contributed by atoms with E-state index in [1.54, 1.807) is 26.4 Å². The number of nitriles is 1. The molecule has 28 heavy (non-hydrogen) atoms. The van der Waals surface area contributed by atoms with Gasteiger partial charge in [-0.25, -0.2) is 9.97 Å². The van der Waals surface area contributed by atoms with Crippen LogP contribution in [0.2, 0.25) is 0 Å². The molecule has 0 unspecified atom stereocenters. The zero-order valence-electron chi connectivity index (χ0n) is 15.5. The molecule has 0 atom stereocenters. The van der Waals surface area contributed by atoms with Crippen molar-refractivity contribution < 1.29 is 9.47 Å². The molecule has 3 aromatic rings. The first-order valence-corrected chi connectivity index (χ1v) is 10.2. The van der Waals surface area contributed by atoms with Gasteiger partial charge < -0.3 is 14.8 Å². The smallest absolute Gasteiger partial charge is 0.189 e. The van der Waals surface area contributed by atoms with Crippen LogP contribution < -0.4 is 14.8 Å². The van der Waals surface area contributed by atoms with Crippen LogP contribution in [0.4, 0.5) is 11.5 Å². The number of para-hydroxylation sites is 1. The highest BCUT2D eigenvalue weighted by Gasteiger charge is 2.18. The first-order chi connectivity index (χ1) is 13.6. The molecule has 0 radical (unpaired) electrons. The second kappa shape index (κ2) is 8.95. The summed E-state index contributed by atoms with van der Waals surface area (Å²) in [7, 11) is 3.15. The molecule has 0 aliphatic heterocycles. The third-order valence-corrected chi connectivity index (χ3v) is 5.21. The number of rotatable bonds is 6. The molecule has 0 spiro atoms. The Hall–Kier alpha value is -2.76. The molecular weight excluding hydrogens is 440 g/mol. The van der Waals surface area contributed by atoms with E-state index in [1.807, 2.05) is 36.6 Å². The van der Waals surface area contributed by atoms with Gasteiger partial charge in [-0.05, 0) is 52.5 Å². The largest absolute Gasteiger partial charge is 0.493 e. The fourth-order valence-corrected chi connectivity index (χ4v) is 3.36. The number of benzene rings is 2. The minimum absolute atomic E-state index is 0.348. The molecule has 0 aliphatic carbocycles. The number of ether oxygens (including phenoxy) is 2. The quantitative estimate of drug-likeness (QED) is 0.400. The normalized spacial score (nSPS) is 10.2. The number of nitrogens with one attached hydrogen (secondary N) is 1. The SMILES string of the molecule is COc1ccc(-c2nc(SC)nc(Nc3ccccc3Br)c2C#N)cc1OC. The first-order valence-electron chi connectivity index (χ1n) is 8.21. The Labute approximate surface area is 176 Å². The summed E-state index contributed by atoms with van der Waals surface area (Å²) in [5, 5.41) is 13.6. The maximum atomic E-state index is 9.85. The summed E-state index contributed by atoms with van der Waals surface area (Å²) in [4.78, 5) is 9.07. The second-order valence-corrected chi connectivity index (χ2v) is 7.20. The lowest BCUT2D eigenvalue weighted by molar-refractivity contribution is 0.355. The molecule has 2 aromatic carbocycles. The molecule has 1 aromatic heterocycles. The van der Waals surface area contributed by atoms with Crippen LogP contribution in [0.25, 0.3) is 11.3 Å². The molecular formula is C20H17BrN4O2S. The van der Waals surface area contributed by atoms with E-state index in [0.717, 1.165) is 15.7 Å². The van der Waals surface area contributed by atoms with Crippen LogP contribution in [0.1, 0.15) is 5.56 Å². The first kappa shape index (κ1) is 20.0. The van der Waals surface area contributed by atoms with Gasteiger partial charge in [-0.2, -0.15) is 5.26 Å². The van der Waals surface area contributed by atoms with Gasteiger partial charge in [-0.15, -0.1) is 0 Å². The predicted octanol–water partition coefficient (Wildman–Crippen LogP) is 5.26. The highest BCUT2D eigenvalue weighted by Crippen LogP contribution is 2.36. The summed E-state index contributed by atoms with van der Waals surface area (Å²) in [6.07, 6.45) is 1.89. The average molecular weight is 457 g/mol. The number of nitrogens with zero attached hydrogens (tertiary/aromatic N) is 3. The Morgan fingerprint density at radius 1 is 1.07 bits per heavy atom. The van der Waals surface area contributed by atoms with E-state index in [9.17, 15) is 5.26 Å². The summed E-state index contributed by atoms with van der Waals surface area (Å²) < 4.78 is 11.6. The van der Waals surface area contributed by atoms with Crippen LogP contribution in [0.3, 0.4) is 0 Å². The van der Waals surface area contributed by atoms with Crippen LogP contribution in [-0.4, -0.2) is 30.4 Å². The lowest BCUT2D eigenvalue weighted by atomic mass is 10.1. The molecule has 6 nitrogen and oxygen atoms in total. The molecule has 142 valence electrons. The van der Waals surface area contributed by atoms with Crippen LogP contribution in [0, 0.1) is 11.3 Å². The predicted molar refractivity (Wildman–Crippen MR) is 114 cm³/mol. The lowest BCUT2D eigenvalue weighted by Crippen LogP contribution is -2.04. The maximum Gasteiger partial charge on any atom is 0.189 e. The Kier molecular flexibility index (Phi) is 6.39. The number of hydrogen-bond donors (Lipinski definition) is 1. The van der Waals surface area contributed by atoms with E-state index in [4.69, 9.17) is 9.47 Å². The highest BCUT2D eigenvalue weighted by molar-refractivity contribution is 9.10. The van der Waals surface area contributed by atoms with Gasteiger partial charge in [-0.3, -0.25) is 0 Å². The van der Waals surface area contributed by atoms with Crippen LogP contribution in [0.15, 0.2) is 52.1 Å². The van der Waals surface area contributed by atoms with Gasteiger partial charge in [-0.1, -0.05) is 23.9 Å². The highest BCUT2D eigenvalue weighted by atomic mass is 79.9. The summed E-state index contributed by atoms with van der Waals surface area (Å²) >= 11 is 4.91. The standard InChI is InChI=1S/C20H17BrN4O2S/c1-26-16-9-8-12(10-17(16)27-2)18-13(11-22)19(25-20(24-18)28-3)23-15-7-5-4-6-14(15)21/h4-10H,1-3H3,(H,23,24,25). The molecule has 0 aliphatic rings. The van der Waals surface area contributed by atoms with E-state index >= 15 is 0 Å². The molecule has 0 saturated carbocycles. The zero-order chi connectivity index (χ0) is 20.1. The van der Waals surface area contributed by atoms with E-state index in [1.165, 1.54) is 11.8 Å². The Balaban J connectivity index is 2.17. The van der Waals surface area contributed by atoms with Crippen LogP contribution >= 0.6 is 27.7 Å². The Bertz CT molecular complexity index is 1050. The summed E-state index contributed by atoms with van der Waals surface area (Å²) in [6, 6.07) is 15.3. The fraction of sp³-hybridized carbons (Fsp3) is 0.150. The molecule has 1 N–H and O–H groups in total. The average Bonchev–Trinajstić information content (AvgIpc) is 2.74. The van der Waals surface area contributed by atoms with Crippen molar-refractivity contribution in [2.75, 3.05) is 25.8 Å². The van der Waals surface area contributed by atoms with Crippen LogP contribution in [-0.2, 0) is 0 Å². The van der Waals surface area contributed by atoms with Crippen molar-refractivity contribution in [3.63, 3.8) is 0 Å². The monoisotopic (exact) mass is 456 g/mol. The van der Waals surface area contributed by atoms with Gasteiger partial charge in [0.2, 0.25) is 0 Å². The van der Waals surface area contributed by atoms with Gasteiger partial charge in [0, 0.05) is 10.0 Å². The third-order valence-electron chi connectivity index (χ3n) is 3.97. The number of anilines is 2. The van der Waals surface area contributed by atoms with E-state index in [2.05, 4.69) is 37.3 Å². The molecule has 0 fully saturated rings.